The van der Waals surface area contributed by atoms with E-state index >= 15 is 0 Å². The van der Waals surface area contributed by atoms with Crippen molar-refractivity contribution in [2.45, 2.75) is 12.0 Å². The number of aliphatic hydroxyl groups excluding tert-OH is 1. The summed E-state index contributed by atoms with van der Waals surface area (Å²) in [6.07, 6.45) is -0.897. The summed E-state index contributed by atoms with van der Waals surface area (Å²) >= 11 is 3.47. The molecule has 0 heterocycles. The molecule has 2 aromatic rings. The van der Waals surface area contributed by atoms with Crippen molar-refractivity contribution in [3.05, 3.63) is 82.3 Å². The summed E-state index contributed by atoms with van der Waals surface area (Å²) in [5.41, 5.74) is 1.72. The minimum atomic E-state index is -0.897. The lowest BCUT2D eigenvalue weighted by Crippen LogP contribution is -2.19. The molecule has 2 aromatic carbocycles. The van der Waals surface area contributed by atoms with Crippen LogP contribution in [0.25, 0.3) is 0 Å². The highest BCUT2D eigenvalue weighted by atomic mass is 79.9. The van der Waals surface area contributed by atoms with Gasteiger partial charge in [0.2, 0.25) is 0 Å². The normalized spacial score (nSPS) is 13.2. The van der Waals surface area contributed by atoms with E-state index < -0.39 is 18.0 Å². The molecule has 3 nitrogen and oxygen atoms in total. The first-order valence-corrected chi connectivity index (χ1v) is 7.60. The predicted octanol–water partition coefficient (Wildman–Crippen LogP) is 4.00. The van der Waals surface area contributed by atoms with Crippen molar-refractivity contribution in [2.75, 3.05) is 7.11 Å². The van der Waals surface area contributed by atoms with E-state index in [-0.39, 0.29) is 5.57 Å². The van der Waals surface area contributed by atoms with Gasteiger partial charge in [-0.15, -0.1) is 0 Å². The van der Waals surface area contributed by atoms with Gasteiger partial charge < -0.3 is 9.84 Å². The van der Waals surface area contributed by atoms with Gasteiger partial charge in [0.15, 0.2) is 0 Å². The molecule has 0 bridgehead atoms. The Labute approximate surface area is 138 Å². The summed E-state index contributed by atoms with van der Waals surface area (Å²) in [5, 5.41) is 10.8. The third-order valence-corrected chi connectivity index (χ3v) is 4.24. The van der Waals surface area contributed by atoms with Crippen LogP contribution in [-0.2, 0) is 9.53 Å². The number of rotatable bonds is 5. The van der Waals surface area contributed by atoms with Gasteiger partial charge >= 0.3 is 5.97 Å². The number of methoxy groups -OCH3 is 1. The minimum absolute atomic E-state index is 0.214. The Hall–Kier alpha value is -1.91. The summed E-state index contributed by atoms with van der Waals surface area (Å²) in [6.45, 7) is 3.83. The van der Waals surface area contributed by atoms with Gasteiger partial charge in [0.1, 0.15) is 0 Å². The average Bonchev–Trinajstić information content (AvgIpc) is 2.56. The largest absolute Gasteiger partial charge is 0.466 e. The third kappa shape index (κ3) is 3.46. The molecule has 0 radical (unpaired) electrons. The first-order valence-electron chi connectivity index (χ1n) is 6.80. The quantitative estimate of drug-likeness (QED) is 0.647. The van der Waals surface area contributed by atoms with E-state index in [9.17, 15) is 9.90 Å². The maximum Gasteiger partial charge on any atom is 0.333 e. The Morgan fingerprint density at radius 2 is 1.73 bits per heavy atom. The van der Waals surface area contributed by atoms with Crippen LogP contribution in [0.15, 0.2) is 71.2 Å². The summed E-state index contributed by atoms with van der Waals surface area (Å²) in [7, 11) is 1.31. The number of carbonyl (C=O) groups is 1. The molecule has 0 unspecified atom stereocenters. The first-order chi connectivity index (χ1) is 10.6. The topological polar surface area (TPSA) is 46.5 Å². The summed E-state index contributed by atoms with van der Waals surface area (Å²) < 4.78 is 5.58. The predicted molar refractivity (Wildman–Crippen MR) is 89.4 cm³/mol. The molecular weight excluding hydrogens is 344 g/mol. The molecule has 114 valence electrons. The van der Waals surface area contributed by atoms with Crippen LogP contribution < -0.4 is 0 Å². The Morgan fingerprint density at radius 3 is 2.32 bits per heavy atom. The highest BCUT2D eigenvalue weighted by Gasteiger charge is 2.30. The van der Waals surface area contributed by atoms with Gasteiger partial charge in [-0.2, -0.15) is 0 Å². The standard InChI is InChI=1S/C18H17BrO3/c1-12(18(21)22-2)16(14-10-6-7-11-15(14)19)17(20)13-8-4-3-5-9-13/h3-11,16-17,20H,1H2,2H3/t16-,17+/m1/s1. The highest BCUT2D eigenvalue weighted by Crippen LogP contribution is 2.39. The van der Waals surface area contributed by atoms with Crippen LogP contribution >= 0.6 is 15.9 Å². The number of hydrogen-bond donors (Lipinski definition) is 1. The zero-order valence-corrected chi connectivity index (χ0v) is 13.8. The van der Waals surface area contributed by atoms with E-state index in [0.717, 1.165) is 10.0 Å². The Balaban J connectivity index is 2.49. The van der Waals surface area contributed by atoms with Crippen molar-refractivity contribution in [1.82, 2.24) is 0 Å². The first kappa shape index (κ1) is 16.5. The molecule has 2 atom stereocenters. The maximum absolute atomic E-state index is 11.9. The molecule has 22 heavy (non-hydrogen) atoms. The number of benzene rings is 2. The highest BCUT2D eigenvalue weighted by molar-refractivity contribution is 9.10. The molecule has 0 spiro atoms. The number of carbonyl (C=O) groups excluding carboxylic acids is 1. The van der Waals surface area contributed by atoms with Crippen LogP contribution in [0.4, 0.5) is 0 Å². The monoisotopic (exact) mass is 360 g/mol. The van der Waals surface area contributed by atoms with Gasteiger partial charge in [0.05, 0.1) is 13.2 Å². The molecule has 1 N–H and O–H groups in total. The van der Waals surface area contributed by atoms with E-state index in [1.165, 1.54) is 7.11 Å². The zero-order valence-electron chi connectivity index (χ0n) is 12.2. The average molecular weight is 361 g/mol. The fourth-order valence-electron chi connectivity index (χ4n) is 2.38. The molecule has 0 aliphatic carbocycles. The van der Waals surface area contributed by atoms with Crippen LogP contribution in [0.2, 0.25) is 0 Å². The van der Waals surface area contributed by atoms with E-state index in [1.807, 2.05) is 54.6 Å². The summed E-state index contributed by atoms with van der Waals surface area (Å²) in [4.78, 5) is 11.9. The number of esters is 1. The second kappa shape index (κ2) is 7.38. The lowest BCUT2D eigenvalue weighted by Gasteiger charge is -2.25. The van der Waals surface area contributed by atoms with Crippen LogP contribution in [0.5, 0.6) is 0 Å². The number of halogens is 1. The Bertz CT molecular complexity index is 667. The maximum atomic E-state index is 11.9. The SMILES string of the molecule is C=C(C(=O)OC)[C@H](c1ccccc1Br)[C@@H](O)c1ccccc1. The second-order valence-corrected chi connectivity index (χ2v) is 5.73. The molecule has 4 heteroatoms. The van der Waals surface area contributed by atoms with Gasteiger partial charge in [-0.1, -0.05) is 71.0 Å². The second-order valence-electron chi connectivity index (χ2n) is 4.87. The van der Waals surface area contributed by atoms with Gasteiger partial charge in [-0.3, -0.25) is 0 Å². The number of aliphatic hydroxyl groups is 1. The lowest BCUT2D eigenvalue weighted by atomic mass is 9.84. The molecule has 2 rings (SSSR count). The molecule has 0 saturated carbocycles. The van der Waals surface area contributed by atoms with Crippen molar-refractivity contribution in [1.29, 1.82) is 0 Å². The summed E-state index contributed by atoms with van der Waals surface area (Å²) in [5.74, 6) is -1.12. The Kier molecular flexibility index (Phi) is 5.52. The fourth-order valence-corrected chi connectivity index (χ4v) is 2.91. The fraction of sp³-hybridized carbons (Fsp3) is 0.167. The minimum Gasteiger partial charge on any atom is -0.466 e. The van der Waals surface area contributed by atoms with Crippen molar-refractivity contribution < 1.29 is 14.6 Å². The van der Waals surface area contributed by atoms with E-state index in [2.05, 4.69) is 22.5 Å². The zero-order chi connectivity index (χ0) is 16.1. The molecule has 0 fully saturated rings. The Morgan fingerprint density at radius 1 is 1.14 bits per heavy atom. The van der Waals surface area contributed by atoms with Crippen LogP contribution in [0.1, 0.15) is 23.1 Å². The summed E-state index contributed by atoms with van der Waals surface area (Å²) in [6, 6.07) is 16.7. The van der Waals surface area contributed by atoms with Crippen molar-refractivity contribution >= 4 is 21.9 Å². The van der Waals surface area contributed by atoms with Crippen molar-refractivity contribution in [2.24, 2.45) is 0 Å². The smallest absolute Gasteiger partial charge is 0.333 e. The third-order valence-electron chi connectivity index (χ3n) is 3.52. The van der Waals surface area contributed by atoms with Crippen LogP contribution in [-0.4, -0.2) is 18.2 Å². The van der Waals surface area contributed by atoms with Gasteiger partial charge in [-0.25, -0.2) is 4.79 Å². The molecular formula is C18H17BrO3. The van der Waals surface area contributed by atoms with Crippen LogP contribution in [0.3, 0.4) is 0 Å². The van der Waals surface area contributed by atoms with Crippen LogP contribution in [0, 0.1) is 0 Å². The van der Waals surface area contributed by atoms with Crippen molar-refractivity contribution in [3.63, 3.8) is 0 Å². The number of hydrogen-bond acceptors (Lipinski definition) is 3. The molecule has 0 aliphatic rings. The molecule has 0 aromatic heterocycles. The van der Waals surface area contributed by atoms with Gasteiger partial charge in [0, 0.05) is 16.0 Å². The van der Waals surface area contributed by atoms with Gasteiger partial charge in [-0.05, 0) is 17.2 Å². The number of ether oxygens (including phenoxy) is 1. The lowest BCUT2D eigenvalue weighted by molar-refractivity contribution is -0.136. The van der Waals surface area contributed by atoms with E-state index in [0.29, 0.717) is 5.56 Å². The van der Waals surface area contributed by atoms with Gasteiger partial charge in [0.25, 0.3) is 0 Å². The molecule has 0 aliphatic heterocycles. The molecule has 0 amide bonds. The molecule has 0 saturated heterocycles. The van der Waals surface area contributed by atoms with E-state index in [1.54, 1.807) is 0 Å². The van der Waals surface area contributed by atoms with E-state index in [4.69, 9.17) is 4.74 Å². The van der Waals surface area contributed by atoms with Crippen molar-refractivity contribution in [3.8, 4) is 0 Å².